The van der Waals surface area contributed by atoms with Gasteiger partial charge in [0.05, 0.1) is 17.1 Å². The molecular formula is C19H16ClN3O2S. The van der Waals surface area contributed by atoms with E-state index in [2.05, 4.69) is 15.6 Å². The van der Waals surface area contributed by atoms with Crippen molar-refractivity contribution in [2.75, 3.05) is 10.6 Å². The van der Waals surface area contributed by atoms with Crippen molar-refractivity contribution in [3.63, 3.8) is 0 Å². The summed E-state index contributed by atoms with van der Waals surface area (Å²) >= 11 is 7.64. The van der Waals surface area contributed by atoms with E-state index >= 15 is 0 Å². The van der Waals surface area contributed by atoms with Gasteiger partial charge in [0, 0.05) is 29.2 Å². The third-order valence-electron chi connectivity index (χ3n) is 3.49. The first kappa shape index (κ1) is 18.1. The molecular weight excluding hydrogens is 370 g/mol. The number of benzene rings is 2. The van der Waals surface area contributed by atoms with Crippen molar-refractivity contribution in [2.24, 2.45) is 0 Å². The maximum atomic E-state index is 12.2. The molecule has 0 aliphatic carbocycles. The van der Waals surface area contributed by atoms with Crippen molar-refractivity contribution in [1.82, 2.24) is 4.98 Å². The van der Waals surface area contributed by atoms with Gasteiger partial charge in [-0.15, -0.1) is 11.3 Å². The summed E-state index contributed by atoms with van der Waals surface area (Å²) in [4.78, 5) is 27.7. The Hall–Kier alpha value is -2.70. The number of carbonyl (C=O) groups is 2. The zero-order valence-corrected chi connectivity index (χ0v) is 15.5. The van der Waals surface area contributed by atoms with Crippen molar-refractivity contribution in [3.8, 4) is 10.6 Å². The standard InChI is InChI=1S/C19H16ClN3O2S/c1-12(24)21-13-6-8-14(9-7-13)22-18(25)10-15-11-26-19(23-15)16-4-2-3-5-17(16)20/h2-9,11H,10H2,1H3,(H,21,24)(H,22,25). The zero-order valence-electron chi connectivity index (χ0n) is 14.0. The van der Waals surface area contributed by atoms with Gasteiger partial charge in [-0.25, -0.2) is 4.98 Å². The van der Waals surface area contributed by atoms with E-state index in [1.54, 1.807) is 24.3 Å². The molecule has 2 aromatic carbocycles. The largest absolute Gasteiger partial charge is 0.326 e. The molecule has 0 aliphatic heterocycles. The van der Waals surface area contributed by atoms with Crippen molar-refractivity contribution < 1.29 is 9.59 Å². The SMILES string of the molecule is CC(=O)Nc1ccc(NC(=O)Cc2csc(-c3ccccc3Cl)n2)cc1. The molecule has 1 aromatic heterocycles. The number of nitrogens with zero attached hydrogens (tertiary/aromatic N) is 1. The molecule has 0 spiro atoms. The van der Waals surface area contributed by atoms with Gasteiger partial charge < -0.3 is 10.6 Å². The van der Waals surface area contributed by atoms with E-state index in [0.717, 1.165) is 10.6 Å². The Bertz CT molecular complexity index is 938. The molecule has 0 bridgehead atoms. The molecule has 0 saturated carbocycles. The number of rotatable bonds is 5. The average Bonchev–Trinajstić information content (AvgIpc) is 3.04. The molecule has 2 N–H and O–H groups in total. The van der Waals surface area contributed by atoms with Gasteiger partial charge in [-0.1, -0.05) is 29.8 Å². The van der Waals surface area contributed by atoms with Crippen LogP contribution in [-0.4, -0.2) is 16.8 Å². The van der Waals surface area contributed by atoms with Crippen LogP contribution in [0.1, 0.15) is 12.6 Å². The van der Waals surface area contributed by atoms with E-state index in [1.165, 1.54) is 18.3 Å². The first-order valence-electron chi connectivity index (χ1n) is 7.88. The Kier molecular flexibility index (Phi) is 5.65. The summed E-state index contributed by atoms with van der Waals surface area (Å²) in [6.07, 6.45) is 0.175. The fourth-order valence-corrected chi connectivity index (χ4v) is 3.50. The molecule has 3 rings (SSSR count). The number of anilines is 2. The summed E-state index contributed by atoms with van der Waals surface area (Å²) < 4.78 is 0. The summed E-state index contributed by atoms with van der Waals surface area (Å²) in [5.41, 5.74) is 2.89. The molecule has 0 unspecified atom stereocenters. The molecule has 5 nitrogen and oxygen atoms in total. The number of thiazole rings is 1. The molecule has 132 valence electrons. The van der Waals surface area contributed by atoms with Gasteiger partial charge >= 0.3 is 0 Å². The van der Waals surface area contributed by atoms with E-state index in [4.69, 9.17) is 11.6 Å². The van der Waals surface area contributed by atoms with Crippen LogP contribution in [0.2, 0.25) is 5.02 Å². The monoisotopic (exact) mass is 385 g/mol. The van der Waals surface area contributed by atoms with E-state index in [0.29, 0.717) is 22.1 Å². The molecule has 0 radical (unpaired) electrons. The minimum Gasteiger partial charge on any atom is -0.326 e. The number of carbonyl (C=O) groups excluding carboxylic acids is 2. The van der Waals surface area contributed by atoms with E-state index in [-0.39, 0.29) is 18.2 Å². The van der Waals surface area contributed by atoms with Gasteiger partial charge in [-0.3, -0.25) is 9.59 Å². The highest BCUT2D eigenvalue weighted by molar-refractivity contribution is 7.13. The second-order valence-corrected chi connectivity index (χ2v) is 6.87. The molecule has 0 fully saturated rings. The van der Waals surface area contributed by atoms with E-state index in [9.17, 15) is 9.59 Å². The molecule has 2 amide bonds. The number of nitrogens with one attached hydrogen (secondary N) is 2. The Balaban J connectivity index is 1.62. The number of halogens is 1. The van der Waals surface area contributed by atoms with E-state index in [1.807, 2.05) is 29.6 Å². The van der Waals surface area contributed by atoms with Crippen LogP contribution < -0.4 is 10.6 Å². The van der Waals surface area contributed by atoms with Crippen LogP contribution in [0.4, 0.5) is 11.4 Å². The van der Waals surface area contributed by atoms with Gasteiger partial charge in [-0.2, -0.15) is 0 Å². The quantitative estimate of drug-likeness (QED) is 0.674. The van der Waals surface area contributed by atoms with Crippen LogP contribution in [0.3, 0.4) is 0 Å². The average molecular weight is 386 g/mol. The smallest absolute Gasteiger partial charge is 0.230 e. The highest BCUT2D eigenvalue weighted by Gasteiger charge is 2.11. The van der Waals surface area contributed by atoms with Gasteiger partial charge in [0.1, 0.15) is 5.01 Å². The minimum absolute atomic E-state index is 0.139. The Labute approximate surface area is 160 Å². The van der Waals surface area contributed by atoms with E-state index < -0.39 is 0 Å². The first-order chi connectivity index (χ1) is 12.5. The second kappa shape index (κ2) is 8.12. The fraction of sp³-hybridized carbons (Fsp3) is 0.105. The molecule has 1 heterocycles. The third kappa shape index (κ3) is 4.68. The fourth-order valence-electron chi connectivity index (χ4n) is 2.36. The third-order valence-corrected chi connectivity index (χ3v) is 4.74. The van der Waals surface area contributed by atoms with Crippen molar-refractivity contribution >= 4 is 46.1 Å². The maximum absolute atomic E-state index is 12.2. The highest BCUT2D eigenvalue weighted by atomic mass is 35.5. The second-order valence-electron chi connectivity index (χ2n) is 5.61. The first-order valence-corrected chi connectivity index (χ1v) is 9.14. The lowest BCUT2D eigenvalue weighted by Gasteiger charge is -2.06. The molecule has 0 atom stereocenters. The Morgan fingerprint density at radius 1 is 1.04 bits per heavy atom. The Morgan fingerprint density at radius 3 is 2.35 bits per heavy atom. The normalized spacial score (nSPS) is 10.4. The van der Waals surface area contributed by atoms with Gasteiger partial charge in [0.15, 0.2) is 0 Å². The maximum Gasteiger partial charge on any atom is 0.230 e. The summed E-state index contributed by atoms with van der Waals surface area (Å²) in [6.45, 7) is 1.44. The van der Waals surface area contributed by atoms with Gasteiger partial charge in [0.25, 0.3) is 0 Å². The van der Waals surface area contributed by atoms with Gasteiger partial charge in [0.2, 0.25) is 11.8 Å². The van der Waals surface area contributed by atoms with Crippen molar-refractivity contribution in [1.29, 1.82) is 0 Å². The van der Waals surface area contributed by atoms with Crippen LogP contribution in [0.25, 0.3) is 10.6 Å². The molecule has 26 heavy (non-hydrogen) atoms. The molecule has 7 heteroatoms. The predicted molar refractivity (Wildman–Crippen MR) is 106 cm³/mol. The zero-order chi connectivity index (χ0) is 18.5. The van der Waals surface area contributed by atoms with Crippen LogP contribution >= 0.6 is 22.9 Å². The summed E-state index contributed by atoms with van der Waals surface area (Å²) in [5.74, 6) is -0.298. The number of aromatic nitrogens is 1. The highest BCUT2D eigenvalue weighted by Crippen LogP contribution is 2.30. The van der Waals surface area contributed by atoms with Crippen molar-refractivity contribution in [3.05, 3.63) is 64.6 Å². The minimum atomic E-state index is -0.159. The lowest BCUT2D eigenvalue weighted by molar-refractivity contribution is -0.116. The lowest BCUT2D eigenvalue weighted by Crippen LogP contribution is -2.14. The summed E-state index contributed by atoms with van der Waals surface area (Å²) in [5, 5.41) is 8.78. The van der Waals surface area contributed by atoms with Crippen LogP contribution in [0.15, 0.2) is 53.9 Å². The summed E-state index contributed by atoms with van der Waals surface area (Å²) in [6, 6.07) is 14.4. The Morgan fingerprint density at radius 2 is 1.69 bits per heavy atom. The van der Waals surface area contributed by atoms with Crippen LogP contribution in [0, 0.1) is 0 Å². The number of hydrogen-bond donors (Lipinski definition) is 2. The summed E-state index contributed by atoms with van der Waals surface area (Å²) in [7, 11) is 0. The van der Waals surface area contributed by atoms with Crippen molar-refractivity contribution in [2.45, 2.75) is 13.3 Å². The lowest BCUT2D eigenvalue weighted by atomic mass is 10.2. The van der Waals surface area contributed by atoms with Gasteiger partial charge in [-0.05, 0) is 30.3 Å². The number of hydrogen-bond acceptors (Lipinski definition) is 4. The topological polar surface area (TPSA) is 71.1 Å². The number of amides is 2. The van der Waals surface area contributed by atoms with Crippen LogP contribution in [0.5, 0.6) is 0 Å². The van der Waals surface area contributed by atoms with Crippen LogP contribution in [-0.2, 0) is 16.0 Å². The molecule has 0 aliphatic rings. The molecule has 3 aromatic rings. The molecule has 0 saturated heterocycles. The predicted octanol–water partition coefficient (Wildman–Crippen LogP) is 4.60.